The van der Waals surface area contributed by atoms with Crippen molar-refractivity contribution in [3.05, 3.63) is 30.1 Å². The normalized spacial score (nSPS) is 22.8. The molecule has 0 atom stereocenters. The van der Waals surface area contributed by atoms with Gasteiger partial charge in [0.05, 0.1) is 0 Å². The van der Waals surface area contributed by atoms with Crippen molar-refractivity contribution in [2.75, 3.05) is 26.3 Å². The first-order chi connectivity index (χ1) is 13.8. The van der Waals surface area contributed by atoms with Crippen molar-refractivity contribution < 1.29 is 9.53 Å². The smallest absolute Gasteiger partial charge is 0.222 e. The van der Waals surface area contributed by atoms with E-state index < -0.39 is 0 Å². The molecule has 1 aromatic rings. The number of carbonyl (C=O) groups is 1. The molecular weight excluding hydrogens is 350 g/mol. The first-order valence-corrected chi connectivity index (χ1v) is 11.3. The summed E-state index contributed by atoms with van der Waals surface area (Å²) in [6.07, 6.45) is 14.2. The maximum absolute atomic E-state index is 12.7. The van der Waals surface area contributed by atoms with Gasteiger partial charge in [-0.15, -0.1) is 0 Å². The Kier molecular flexibility index (Phi) is 6.97. The van der Waals surface area contributed by atoms with E-state index in [1.165, 1.54) is 31.2 Å². The molecule has 0 radical (unpaired) electrons. The van der Waals surface area contributed by atoms with Gasteiger partial charge < -0.3 is 9.64 Å². The first-order valence-electron chi connectivity index (χ1n) is 11.3. The minimum atomic E-state index is 0.398. The fraction of sp³-hybridized carbons (Fsp3) is 0.739. The van der Waals surface area contributed by atoms with E-state index in [0.29, 0.717) is 23.9 Å². The van der Waals surface area contributed by atoms with Gasteiger partial charge in [-0.2, -0.15) is 0 Å². The van der Waals surface area contributed by atoms with Crippen LogP contribution in [0.1, 0.15) is 63.4 Å². The zero-order valence-corrected chi connectivity index (χ0v) is 17.1. The Morgan fingerprint density at radius 2 is 1.79 bits per heavy atom. The van der Waals surface area contributed by atoms with E-state index in [4.69, 9.17) is 4.74 Å². The number of pyridine rings is 1. The third kappa shape index (κ3) is 5.12. The maximum atomic E-state index is 12.7. The Labute approximate surface area is 169 Å². The van der Waals surface area contributed by atoms with Gasteiger partial charge in [-0.3, -0.25) is 14.7 Å². The summed E-state index contributed by atoms with van der Waals surface area (Å²) >= 11 is 0. The van der Waals surface area contributed by atoms with E-state index in [1.807, 2.05) is 18.5 Å². The number of ether oxygens (including phenoxy) is 1. The summed E-state index contributed by atoms with van der Waals surface area (Å²) in [6.45, 7) is 4.53. The third-order valence-electron chi connectivity index (χ3n) is 6.97. The second kappa shape index (κ2) is 9.84. The summed E-state index contributed by atoms with van der Waals surface area (Å²) in [6, 6.07) is 5.35. The highest BCUT2D eigenvalue weighted by Crippen LogP contribution is 2.30. The van der Waals surface area contributed by atoms with Crippen LogP contribution in [0.5, 0.6) is 0 Å². The molecule has 5 heteroatoms. The number of likely N-dealkylation sites (tertiary alicyclic amines) is 1. The molecule has 5 nitrogen and oxygen atoms in total. The number of aromatic nitrogens is 1. The van der Waals surface area contributed by atoms with Crippen LogP contribution in [-0.2, 0) is 16.1 Å². The quantitative estimate of drug-likeness (QED) is 0.750. The molecule has 0 unspecified atom stereocenters. The Bertz CT molecular complexity index is 604. The zero-order chi connectivity index (χ0) is 19.2. The molecule has 0 bridgehead atoms. The molecule has 0 aromatic carbocycles. The average molecular weight is 386 g/mol. The lowest BCUT2D eigenvalue weighted by Crippen LogP contribution is -2.51. The molecule has 3 aliphatic rings. The zero-order valence-electron chi connectivity index (χ0n) is 17.1. The highest BCUT2D eigenvalue weighted by Gasteiger charge is 2.32. The van der Waals surface area contributed by atoms with Crippen LogP contribution in [-0.4, -0.2) is 59.1 Å². The molecule has 0 spiro atoms. The Morgan fingerprint density at radius 3 is 2.46 bits per heavy atom. The van der Waals surface area contributed by atoms with Gasteiger partial charge in [0.2, 0.25) is 5.91 Å². The van der Waals surface area contributed by atoms with Crippen LogP contribution < -0.4 is 0 Å². The third-order valence-corrected chi connectivity index (χ3v) is 6.97. The van der Waals surface area contributed by atoms with Crippen molar-refractivity contribution in [1.29, 1.82) is 0 Å². The van der Waals surface area contributed by atoms with Crippen LogP contribution in [0.2, 0.25) is 0 Å². The fourth-order valence-electron chi connectivity index (χ4n) is 5.31. The molecule has 4 rings (SSSR count). The lowest BCUT2D eigenvalue weighted by atomic mass is 9.96. The van der Waals surface area contributed by atoms with Crippen molar-refractivity contribution in [3.63, 3.8) is 0 Å². The summed E-state index contributed by atoms with van der Waals surface area (Å²) in [4.78, 5) is 21.9. The average Bonchev–Trinajstić information content (AvgIpc) is 3.26. The molecule has 1 aromatic heterocycles. The van der Waals surface area contributed by atoms with Gasteiger partial charge >= 0.3 is 0 Å². The van der Waals surface area contributed by atoms with Crippen molar-refractivity contribution in [1.82, 2.24) is 14.8 Å². The molecule has 1 saturated carbocycles. The SMILES string of the molecule is O=C(CC1CCCC1)N1CCC(N(Cc2cccnc2)C2CCOCC2)CC1. The fourth-order valence-corrected chi connectivity index (χ4v) is 5.31. The van der Waals surface area contributed by atoms with Gasteiger partial charge in [0.1, 0.15) is 0 Å². The largest absolute Gasteiger partial charge is 0.381 e. The number of piperidine rings is 1. The molecule has 3 heterocycles. The van der Waals surface area contributed by atoms with Crippen LogP contribution in [0.15, 0.2) is 24.5 Å². The first kappa shape index (κ1) is 19.8. The summed E-state index contributed by atoms with van der Waals surface area (Å²) < 4.78 is 5.61. The summed E-state index contributed by atoms with van der Waals surface area (Å²) in [5, 5.41) is 0. The summed E-state index contributed by atoms with van der Waals surface area (Å²) in [7, 11) is 0. The van der Waals surface area contributed by atoms with Gasteiger partial charge in [0.15, 0.2) is 0 Å². The maximum Gasteiger partial charge on any atom is 0.222 e. The van der Waals surface area contributed by atoms with Gasteiger partial charge in [-0.1, -0.05) is 18.9 Å². The van der Waals surface area contributed by atoms with E-state index >= 15 is 0 Å². The number of amides is 1. The predicted molar refractivity (Wildman–Crippen MR) is 110 cm³/mol. The Balaban J connectivity index is 1.35. The molecule has 2 aliphatic heterocycles. The van der Waals surface area contributed by atoms with Gasteiger partial charge in [-0.25, -0.2) is 0 Å². The standard InChI is InChI=1S/C23H35N3O2/c27-23(16-19-4-1-2-5-19)25-12-7-21(8-13-25)26(22-9-14-28-15-10-22)18-20-6-3-11-24-17-20/h3,6,11,17,19,21-22H,1-2,4-5,7-10,12-16,18H2. The minimum Gasteiger partial charge on any atom is -0.381 e. The van der Waals surface area contributed by atoms with Crippen LogP contribution in [0.4, 0.5) is 0 Å². The Hall–Kier alpha value is -1.46. The van der Waals surface area contributed by atoms with Crippen molar-refractivity contribution in [2.45, 2.75) is 76.4 Å². The molecule has 1 amide bonds. The second-order valence-corrected chi connectivity index (χ2v) is 8.84. The minimum absolute atomic E-state index is 0.398. The van der Waals surface area contributed by atoms with Crippen molar-refractivity contribution in [2.24, 2.45) is 5.92 Å². The lowest BCUT2D eigenvalue weighted by Gasteiger charge is -2.43. The summed E-state index contributed by atoms with van der Waals surface area (Å²) in [5.41, 5.74) is 1.29. The van der Waals surface area contributed by atoms with Crippen molar-refractivity contribution in [3.8, 4) is 0 Å². The van der Waals surface area contributed by atoms with Crippen LogP contribution >= 0.6 is 0 Å². The molecule has 28 heavy (non-hydrogen) atoms. The van der Waals surface area contributed by atoms with E-state index in [2.05, 4.69) is 20.9 Å². The van der Waals surface area contributed by atoms with E-state index in [1.54, 1.807) is 0 Å². The lowest BCUT2D eigenvalue weighted by molar-refractivity contribution is -0.134. The molecule has 1 aliphatic carbocycles. The van der Waals surface area contributed by atoms with Gasteiger partial charge in [-0.05, 0) is 56.1 Å². The predicted octanol–water partition coefficient (Wildman–Crippen LogP) is 3.63. The molecule has 154 valence electrons. The monoisotopic (exact) mass is 385 g/mol. The highest BCUT2D eigenvalue weighted by atomic mass is 16.5. The second-order valence-electron chi connectivity index (χ2n) is 8.84. The van der Waals surface area contributed by atoms with Gasteiger partial charge in [0.25, 0.3) is 0 Å². The number of hydrogen-bond acceptors (Lipinski definition) is 4. The highest BCUT2D eigenvalue weighted by molar-refractivity contribution is 5.76. The van der Waals surface area contributed by atoms with Crippen molar-refractivity contribution >= 4 is 5.91 Å². The number of hydrogen-bond donors (Lipinski definition) is 0. The number of rotatable bonds is 6. The number of carbonyl (C=O) groups excluding carboxylic acids is 1. The van der Waals surface area contributed by atoms with E-state index in [9.17, 15) is 4.79 Å². The molecule has 3 fully saturated rings. The molecule has 0 N–H and O–H groups in total. The summed E-state index contributed by atoms with van der Waals surface area (Å²) in [5.74, 6) is 1.05. The van der Waals surface area contributed by atoms with E-state index in [0.717, 1.165) is 65.0 Å². The molecule has 2 saturated heterocycles. The Morgan fingerprint density at radius 1 is 1.07 bits per heavy atom. The number of nitrogens with zero attached hydrogens (tertiary/aromatic N) is 3. The van der Waals surface area contributed by atoms with Crippen LogP contribution in [0.3, 0.4) is 0 Å². The van der Waals surface area contributed by atoms with Crippen LogP contribution in [0, 0.1) is 5.92 Å². The molecular formula is C23H35N3O2. The van der Waals surface area contributed by atoms with Crippen LogP contribution in [0.25, 0.3) is 0 Å². The van der Waals surface area contributed by atoms with E-state index in [-0.39, 0.29) is 0 Å². The topological polar surface area (TPSA) is 45.7 Å². The van der Waals surface area contributed by atoms with Gasteiger partial charge in [0, 0.05) is 63.7 Å².